The van der Waals surface area contributed by atoms with Crippen LogP contribution in [0.25, 0.3) is 11.5 Å². The highest BCUT2D eigenvalue weighted by Crippen LogP contribution is 2.16. The molecule has 0 aliphatic heterocycles. The Balaban J connectivity index is 1.77. The maximum Gasteiger partial charge on any atom is 0.337 e. The largest absolute Gasteiger partial charge is 0.465 e. The highest BCUT2D eigenvalue weighted by molar-refractivity contribution is 5.89. The van der Waals surface area contributed by atoms with Crippen molar-refractivity contribution in [1.82, 2.24) is 10.2 Å². The molecule has 5 heteroatoms. The van der Waals surface area contributed by atoms with E-state index in [1.807, 2.05) is 30.3 Å². The number of esters is 1. The van der Waals surface area contributed by atoms with Crippen molar-refractivity contribution >= 4 is 5.97 Å². The minimum Gasteiger partial charge on any atom is -0.465 e. The molecule has 1 aromatic heterocycles. The molecule has 0 unspecified atom stereocenters. The van der Waals surface area contributed by atoms with Crippen LogP contribution in [0.2, 0.25) is 0 Å². The molecule has 0 spiro atoms. The summed E-state index contributed by atoms with van der Waals surface area (Å²) in [4.78, 5) is 11.4. The lowest BCUT2D eigenvalue weighted by Gasteiger charge is -1.97. The SMILES string of the molecule is COC(=O)c1ccc(C#Cc2nnc(-c3ccccc3)o2)cc1. The second-order valence-electron chi connectivity index (χ2n) is 4.60. The normalized spacial score (nSPS) is 9.78. The lowest BCUT2D eigenvalue weighted by atomic mass is 10.1. The molecule has 0 radical (unpaired) electrons. The summed E-state index contributed by atoms with van der Waals surface area (Å²) >= 11 is 0. The van der Waals surface area contributed by atoms with Crippen molar-refractivity contribution in [3.8, 4) is 23.3 Å². The van der Waals surface area contributed by atoms with E-state index >= 15 is 0 Å². The molecule has 0 saturated heterocycles. The number of carbonyl (C=O) groups excluding carboxylic acids is 1. The molecular formula is C18H12N2O3. The molecule has 0 aliphatic carbocycles. The summed E-state index contributed by atoms with van der Waals surface area (Å²) in [7, 11) is 1.34. The molecule has 0 atom stereocenters. The van der Waals surface area contributed by atoms with Gasteiger partial charge in [-0.2, -0.15) is 0 Å². The lowest BCUT2D eigenvalue weighted by Crippen LogP contribution is -2.00. The van der Waals surface area contributed by atoms with Crippen molar-refractivity contribution in [1.29, 1.82) is 0 Å². The summed E-state index contributed by atoms with van der Waals surface area (Å²) in [5, 5.41) is 7.87. The van der Waals surface area contributed by atoms with Crippen LogP contribution in [-0.4, -0.2) is 23.3 Å². The van der Waals surface area contributed by atoms with Gasteiger partial charge in [0.1, 0.15) is 0 Å². The minimum absolute atomic E-state index is 0.237. The Labute approximate surface area is 132 Å². The number of carbonyl (C=O) groups is 1. The Kier molecular flexibility index (Phi) is 4.16. The maximum atomic E-state index is 11.4. The zero-order valence-corrected chi connectivity index (χ0v) is 12.3. The standard InChI is InChI=1S/C18H12N2O3/c1-22-18(21)15-10-7-13(8-11-15)9-12-16-19-20-17(23-16)14-5-3-2-4-6-14/h2-8,10-11H,1H3. The molecule has 0 saturated carbocycles. The Hall–Kier alpha value is -3.39. The van der Waals surface area contributed by atoms with E-state index in [4.69, 9.17) is 4.42 Å². The average molecular weight is 304 g/mol. The fraction of sp³-hybridized carbons (Fsp3) is 0.0556. The van der Waals surface area contributed by atoms with E-state index in [2.05, 4.69) is 26.8 Å². The first kappa shape index (κ1) is 14.5. The maximum absolute atomic E-state index is 11.4. The van der Waals surface area contributed by atoms with Gasteiger partial charge >= 0.3 is 5.97 Å². The number of aromatic nitrogens is 2. The molecular weight excluding hydrogens is 292 g/mol. The molecule has 2 aromatic carbocycles. The number of methoxy groups -OCH3 is 1. The topological polar surface area (TPSA) is 65.2 Å². The fourth-order valence-electron chi connectivity index (χ4n) is 1.90. The molecule has 3 rings (SSSR count). The smallest absolute Gasteiger partial charge is 0.337 e. The first-order chi connectivity index (χ1) is 11.3. The third-order valence-corrected chi connectivity index (χ3v) is 3.07. The quantitative estimate of drug-likeness (QED) is 0.538. The van der Waals surface area contributed by atoms with Crippen molar-refractivity contribution in [2.24, 2.45) is 0 Å². The van der Waals surface area contributed by atoms with Crippen LogP contribution >= 0.6 is 0 Å². The second-order valence-corrected chi connectivity index (χ2v) is 4.60. The van der Waals surface area contributed by atoms with Crippen molar-refractivity contribution in [3.05, 3.63) is 71.6 Å². The molecule has 0 amide bonds. The summed E-state index contributed by atoms with van der Waals surface area (Å²) in [5.74, 6) is 6.00. The molecule has 1 heterocycles. The zero-order chi connectivity index (χ0) is 16.1. The van der Waals surface area contributed by atoms with Crippen LogP contribution in [-0.2, 0) is 4.74 Å². The van der Waals surface area contributed by atoms with E-state index in [1.54, 1.807) is 24.3 Å². The second kappa shape index (κ2) is 6.58. The highest BCUT2D eigenvalue weighted by Gasteiger charge is 2.06. The third-order valence-electron chi connectivity index (χ3n) is 3.07. The number of hydrogen-bond acceptors (Lipinski definition) is 5. The molecule has 0 N–H and O–H groups in total. The van der Waals surface area contributed by atoms with E-state index < -0.39 is 0 Å². The monoisotopic (exact) mass is 304 g/mol. The van der Waals surface area contributed by atoms with Crippen molar-refractivity contribution in [3.63, 3.8) is 0 Å². The Morgan fingerprint density at radius 1 is 1.00 bits per heavy atom. The molecule has 23 heavy (non-hydrogen) atoms. The Morgan fingerprint density at radius 2 is 1.74 bits per heavy atom. The van der Waals surface area contributed by atoms with Crippen molar-refractivity contribution in [2.75, 3.05) is 7.11 Å². The molecule has 112 valence electrons. The Morgan fingerprint density at radius 3 is 2.43 bits per heavy atom. The molecule has 0 aliphatic rings. The number of ether oxygens (including phenoxy) is 1. The summed E-state index contributed by atoms with van der Waals surface area (Å²) < 4.78 is 10.1. The van der Waals surface area contributed by atoms with Gasteiger partial charge in [-0.15, -0.1) is 5.10 Å². The van der Waals surface area contributed by atoms with Gasteiger partial charge in [0.25, 0.3) is 5.89 Å². The predicted molar refractivity (Wildman–Crippen MR) is 83.5 cm³/mol. The van der Waals surface area contributed by atoms with Gasteiger partial charge < -0.3 is 9.15 Å². The van der Waals surface area contributed by atoms with Crippen molar-refractivity contribution < 1.29 is 13.9 Å². The highest BCUT2D eigenvalue weighted by atomic mass is 16.5. The first-order valence-corrected chi connectivity index (χ1v) is 6.85. The number of hydrogen-bond donors (Lipinski definition) is 0. The van der Waals surface area contributed by atoms with Crippen molar-refractivity contribution in [2.45, 2.75) is 0 Å². The molecule has 3 aromatic rings. The van der Waals surface area contributed by atoms with E-state index in [9.17, 15) is 4.79 Å². The van der Waals surface area contributed by atoms with E-state index in [-0.39, 0.29) is 11.9 Å². The van der Waals surface area contributed by atoms with E-state index in [0.717, 1.165) is 11.1 Å². The predicted octanol–water partition coefficient (Wildman–Crippen LogP) is 2.92. The van der Waals surface area contributed by atoms with Gasteiger partial charge in [0.15, 0.2) is 0 Å². The van der Waals surface area contributed by atoms with Gasteiger partial charge in [-0.25, -0.2) is 4.79 Å². The van der Waals surface area contributed by atoms with E-state index in [0.29, 0.717) is 11.5 Å². The zero-order valence-electron chi connectivity index (χ0n) is 12.3. The molecule has 0 fully saturated rings. The first-order valence-electron chi connectivity index (χ1n) is 6.85. The van der Waals surface area contributed by atoms with Crippen LogP contribution < -0.4 is 0 Å². The van der Waals surface area contributed by atoms with Gasteiger partial charge in [-0.1, -0.05) is 29.2 Å². The fourth-order valence-corrected chi connectivity index (χ4v) is 1.90. The third kappa shape index (κ3) is 3.44. The molecule has 0 bridgehead atoms. The molecule has 5 nitrogen and oxygen atoms in total. The van der Waals surface area contributed by atoms with Crippen LogP contribution in [0.4, 0.5) is 0 Å². The van der Waals surface area contributed by atoms with Crippen LogP contribution in [0.1, 0.15) is 21.8 Å². The lowest BCUT2D eigenvalue weighted by molar-refractivity contribution is 0.0600. The average Bonchev–Trinajstić information content (AvgIpc) is 3.09. The summed E-state index contributed by atoms with van der Waals surface area (Å²) in [6.45, 7) is 0. The van der Waals surface area contributed by atoms with E-state index in [1.165, 1.54) is 7.11 Å². The number of nitrogens with zero attached hydrogens (tertiary/aromatic N) is 2. The van der Waals surface area contributed by atoms with Gasteiger partial charge in [-0.3, -0.25) is 0 Å². The van der Waals surface area contributed by atoms with Crippen LogP contribution in [0.5, 0.6) is 0 Å². The van der Waals surface area contributed by atoms with Gasteiger partial charge in [0, 0.05) is 11.1 Å². The number of rotatable bonds is 2. The van der Waals surface area contributed by atoms with Gasteiger partial charge in [-0.05, 0) is 42.3 Å². The van der Waals surface area contributed by atoms with Gasteiger partial charge in [0.05, 0.1) is 12.7 Å². The van der Waals surface area contributed by atoms with Crippen LogP contribution in [0, 0.1) is 11.8 Å². The number of benzene rings is 2. The van der Waals surface area contributed by atoms with Gasteiger partial charge in [0.2, 0.25) is 5.89 Å². The minimum atomic E-state index is -0.381. The summed E-state index contributed by atoms with van der Waals surface area (Å²) in [6.07, 6.45) is 0. The summed E-state index contributed by atoms with van der Waals surface area (Å²) in [5.41, 5.74) is 2.05. The van der Waals surface area contributed by atoms with Crippen LogP contribution in [0.3, 0.4) is 0 Å². The Bertz CT molecular complexity index is 872. The van der Waals surface area contributed by atoms with Crippen LogP contribution in [0.15, 0.2) is 59.0 Å². The summed E-state index contributed by atoms with van der Waals surface area (Å²) in [6, 6.07) is 16.2.